The Morgan fingerprint density at radius 1 is 1.00 bits per heavy atom. The number of fused-ring (bicyclic) bond motifs is 1. The predicted molar refractivity (Wildman–Crippen MR) is 80.4 cm³/mol. The Bertz CT molecular complexity index is 925. The summed E-state index contributed by atoms with van der Waals surface area (Å²) < 4.78 is 40.1. The minimum Gasteiger partial charge on any atom is -0.241 e. The van der Waals surface area contributed by atoms with E-state index < -0.39 is 15.8 Å². The van der Waals surface area contributed by atoms with Crippen LogP contribution in [-0.2, 0) is 10.0 Å². The van der Waals surface area contributed by atoms with Gasteiger partial charge in [-0.05, 0) is 49.7 Å². The van der Waals surface area contributed by atoms with Gasteiger partial charge in [0, 0.05) is 11.6 Å². The lowest BCUT2D eigenvalue weighted by Gasteiger charge is -2.08. The van der Waals surface area contributed by atoms with Gasteiger partial charge in [0.1, 0.15) is 5.82 Å². The molecule has 5 heteroatoms. The molecule has 0 bridgehead atoms. The van der Waals surface area contributed by atoms with Crippen molar-refractivity contribution >= 4 is 20.9 Å². The van der Waals surface area contributed by atoms with E-state index in [4.69, 9.17) is 0 Å². The summed E-state index contributed by atoms with van der Waals surface area (Å²) in [5.74, 6) is -0.457. The molecule has 0 aliphatic carbocycles. The first kappa shape index (κ1) is 13.8. The van der Waals surface area contributed by atoms with E-state index in [-0.39, 0.29) is 4.90 Å². The lowest BCUT2D eigenvalue weighted by Crippen LogP contribution is -2.11. The summed E-state index contributed by atoms with van der Waals surface area (Å²) in [4.78, 5) is 0.189. The average molecular weight is 303 g/mol. The van der Waals surface area contributed by atoms with Gasteiger partial charge in [0.2, 0.25) is 0 Å². The van der Waals surface area contributed by atoms with Crippen LogP contribution in [0.15, 0.2) is 53.6 Å². The van der Waals surface area contributed by atoms with Crippen molar-refractivity contribution in [3.05, 3.63) is 65.6 Å². The summed E-state index contributed by atoms with van der Waals surface area (Å²) in [6.07, 6.45) is 1.53. The zero-order valence-electron chi connectivity index (χ0n) is 11.7. The van der Waals surface area contributed by atoms with Crippen molar-refractivity contribution < 1.29 is 12.8 Å². The molecule has 0 aliphatic heterocycles. The van der Waals surface area contributed by atoms with E-state index in [0.717, 1.165) is 20.5 Å². The quantitative estimate of drug-likeness (QED) is 0.725. The highest BCUT2D eigenvalue weighted by molar-refractivity contribution is 7.90. The molecule has 0 aliphatic rings. The smallest absolute Gasteiger partial charge is 0.241 e. The van der Waals surface area contributed by atoms with E-state index in [1.807, 2.05) is 6.92 Å². The molecule has 21 heavy (non-hydrogen) atoms. The maximum atomic E-state index is 13.5. The second-order valence-corrected chi connectivity index (χ2v) is 6.90. The van der Waals surface area contributed by atoms with Crippen LogP contribution in [0.25, 0.3) is 10.9 Å². The summed E-state index contributed by atoms with van der Waals surface area (Å²) in [6, 6.07) is 10.8. The van der Waals surface area contributed by atoms with Crippen molar-refractivity contribution in [1.82, 2.24) is 3.97 Å². The lowest BCUT2D eigenvalue weighted by atomic mass is 10.2. The highest BCUT2D eigenvalue weighted by Crippen LogP contribution is 2.26. The summed E-state index contributed by atoms with van der Waals surface area (Å²) in [5.41, 5.74) is 2.13. The Morgan fingerprint density at radius 2 is 1.67 bits per heavy atom. The number of halogens is 1. The molecule has 3 nitrogen and oxygen atoms in total. The monoisotopic (exact) mass is 303 g/mol. The Balaban J connectivity index is 2.28. The minimum absolute atomic E-state index is 0.189. The van der Waals surface area contributed by atoms with Gasteiger partial charge < -0.3 is 0 Å². The number of aryl methyl sites for hydroxylation is 2. The fraction of sp³-hybridized carbons (Fsp3) is 0.125. The first-order chi connectivity index (χ1) is 9.89. The average Bonchev–Trinajstić information content (AvgIpc) is 2.76. The number of benzene rings is 2. The molecule has 0 atom stereocenters. The lowest BCUT2D eigenvalue weighted by molar-refractivity contribution is 0.589. The zero-order chi connectivity index (χ0) is 15.2. The van der Waals surface area contributed by atoms with Crippen molar-refractivity contribution in [2.45, 2.75) is 18.7 Å². The Kier molecular flexibility index (Phi) is 3.10. The van der Waals surface area contributed by atoms with E-state index in [1.54, 1.807) is 37.3 Å². The molecule has 0 radical (unpaired) electrons. The summed E-state index contributed by atoms with van der Waals surface area (Å²) in [7, 11) is -3.73. The molecule has 3 aromatic rings. The van der Waals surface area contributed by atoms with Gasteiger partial charge in [-0.1, -0.05) is 17.7 Å². The second-order valence-electron chi connectivity index (χ2n) is 5.09. The Hall–Kier alpha value is -2.14. The Morgan fingerprint density at radius 3 is 2.33 bits per heavy atom. The molecule has 0 saturated carbocycles. The van der Waals surface area contributed by atoms with Crippen LogP contribution < -0.4 is 0 Å². The van der Waals surface area contributed by atoms with E-state index >= 15 is 0 Å². The van der Waals surface area contributed by atoms with Gasteiger partial charge in [-0.2, -0.15) is 0 Å². The van der Waals surface area contributed by atoms with Crippen LogP contribution in [0.3, 0.4) is 0 Å². The Labute approximate surface area is 122 Å². The molecule has 1 aromatic heterocycles. The first-order valence-corrected chi connectivity index (χ1v) is 7.93. The summed E-state index contributed by atoms with van der Waals surface area (Å²) >= 11 is 0. The van der Waals surface area contributed by atoms with Gasteiger partial charge in [-0.3, -0.25) is 0 Å². The van der Waals surface area contributed by atoms with E-state index in [2.05, 4.69) is 0 Å². The molecular formula is C16H14FNO2S. The third-order valence-corrected chi connectivity index (χ3v) is 5.20. The van der Waals surface area contributed by atoms with Gasteiger partial charge in [-0.15, -0.1) is 0 Å². The molecule has 0 unspecified atom stereocenters. The fourth-order valence-electron chi connectivity index (χ4n) is 2.36. The molecular weight excluding hydrogens is 289 g/mol. The topological polar surface area (TPSA) is 39.1 Å². The summed E-state index contributed by atoms with van der Waals surface area (Å²) in [6.45, 7) is 3.70. The highest BCUT2D eigenvalue weighted by atomic mass is 32.2. The third kappa shape index (κ3) is 2.23. The van der Waals surface area contributed by atoms with Gasteiger partial charge >= 0.3 is 0 Å². The van der Waals surface area contributed by atoms with Crippen molar-refractivity contribution in [1.29, 1.82) is 0 Å². The van der Waals surface area contributed by atoms with Crippen LogP contribution in [0.4, 0.5) is 4.39 Å². The van der Waals surface area contributed by atoms with Gasteiger partial charge in [0.15, 0.2) is 0 Å². The van der Waals surface area contributed by atoms with Crippen molar-refractivity contribution in [2.24, 2.45) is 0 Å². The number of hydrogen-bond acceptors (Lipinski definition) is 2. The van der Waals surface area contributed by atoms with E-state index in [0.29, 0.717) is 5.52 Å². The van der Waals surface area contributed by atoms with Crippen molar-refractivity contribution in [3.63, 3.8) is 0 Å². The van der Waals surface area contributed by atoms with Crippen LogP contribution in [0.2, 0.25) is 0 Å². The molecule has 0 N–H and O–H groups in total. The van der Waals surface area contributed by atoms with Crippen molar-refractivity contribution in [3.8, 4) is 0 Å². The summed E-state index contributed by atoms with van der Waals surface area (Å²) in [5, 5.41) is 0.729. The van der Waals surface area contributed by atoms with Crippen LogP contribution in [0.5, 0.6) is 0 Å². The maximum absolute atomic E-state index is 13.5. The maximum Gasteiger partial charge on any atom is 0.268 e. The number of rotatable bonds is 2. The molecule has 0 amide bonds. The van der Waals surface area contributed by atoms with Crippen LogP contribution in [-0.4, -0.2) is 12.4 Å². The zero-order valence-corrected chi connectivity index (χ0v) is 12.5. The second kappa shape index (κ2) is 4.70. The highest BCUT2D eigenvalue weighted by Gasteiger charge is 2.20. The van der Waals surface area contributed by atoms with E-state index in [1.165, 1.54) is 18.3 Å². The normalized spacial score (nSPS) is 12.0. The molecule has 0 spiro atoms. The minimum atomic E-state index is -3.73. The molecule has 3 rings (SSSR count). The number of hydrogen-bond donors (Lipinski definition) is 0. The molecule has 2 aromatic carbocycles. The molecule has 0 fully saturated rings. The van der Waals surface area contributed by atoms with Gasteiger partial charge in [-0.25, -0.2) is 16.8 Å². The van der Waals surface area contributed by atoms with Crippen LogP contribution >= 0.6 is 0 Å². The third-order valence-electron chi connectivity index (χ3n) is 3.51. The number of nitrogens with zero attached hydrogens (tertiary/aromatic N) is 1. The SMILES string of the molecule is Cc1ccc(S(=O)(=O)n2cc(C)c3ccc(F)cc32)cc1. The van der Waals surface area contributed by atoms with E-state index in [9.17, 15) is 12.8 Å². The molecule has 108 valence electrons. The molecule has 1 heterocycles. The molecule has 0 saturated heterocycles. The van der Waals surface area contributed by atoms with Crippen LogP contribution in [0, 0.1) is 19.7 Å². The van der Waals surface area contributed by atoms with Crippen molar-refractivity contribution in [2.75, 3.05) is 0 Å². The first-order valence-electron chi connectivity index (χ1n) is 6.49. The van der Waals surface area contributed by atoms with Crippen LogP contribution in [0.1, 0.15) is 11.1 Å². The fourth-order valence-corrected chi connectivity index (χ4v) is 3.77. The van der Waals surface area contributed by atoms with Gasteiger partial charge in [0.25, 0.3) is 10.0 Å². The predicted octanol–water partition coefficient (Wildman–Crippen LogP) is 3.63. The number of aromatic nitrogens is 1. The standard InChI is InChI=1S/C16H14FNO2S/c1-11-3-6-14(7-4-11)21(19,20)18-10-12(2)15-8-5-13(17)9-16(15)18/h3-10H,1-2H3. The largest absolute Gasteiger partial charge is 0.268 e. The van der Waals surface area contributed by atoms with Gasteiger partial charge in [0.05, 0.1) is 10.4 Å².